The van der Waals surface area contributed by atoms with Crippen molar-refractivity contribution in [3.63, 3.8) is 0 Å². The van der Waals surface area contributed by atoms with Gasteiger partial charge in [-0.2, -0.15) is 0 Å². The summed E-state index contributed by atoms with van der Waals surface area (Å²) in [6, 6.07) is 0. The van der Waals surface area contributed by atoms with Gasteiger partial charge in [-0.25, -0.2) is 0 Å². The highest BCUT2D eigenvalue weighted by atomic mass is 16.6. The van der Waals surface area contributed by atoms with Gasteiger partial charge >= 0.3 is 17.9 Å². The molecule has 0 bridgehead atoms. The Labute approximate surface area is 269 Å². The van der Waals surface area contributed by atoms with Crippen LogP contribution >= 0.6 is 0 Å². The average Bonchev–Trinajstić information content (AvgIpc) is 3.02. The van der Waals surface area contributed by atoms with Crippen molar-refractivity contribution in [3.8, 4) is 0 Å². The molecule has 1 amide bonds. The Kier molecular flexibility index (Phi) is 30.7. The van der Waals surface area contributed by atoms with E-state index in [1.165, 1.54) is 110 Å². The topological polar surface area (TPSA) is 108 Å². The van der Waals surface area contributed by atoms with Gasteiger partial charge in [0.15, 0.2) is 6.10 Å². The minimum atomic E-state index is -0.861. The fourth-order valence-electron chi connectivity index (χ4n) is 5.08. The van der Waals surface area contributed by atoms with Crippen LogP contribution in [0.5, 0.6) is 0 Å². The molecule has 0 aromatic carbocycles. The van der Waals surface area contributed by atoms with Crippen LogP contribution in [0, 0.1) is 0 Å². The van der Waals surface area contributed by atoms with Gasteiger partial charge in [-0.3, -0.25) is 19.2 Å². The lowest BCUT2D eigenvalue weighted by molar-refractivity contribution is -0.167. The summed E-state index contributed by atoms with van der Waals surface area (Å²) in [6.45, 7) is 4.12. The van der Waals surface area contributed by atoms with Gasteiger partial charge < -0.3 is 19.5 Å². The molecule has 8 heteroatoms. The molecule has 0 saturated carbocycles. The standard InChI is InChI=1S/C36H67NO7/c1-4-6-8-10-12-14-16-18-20-22-24-26-34(39)42-30-32(31-43-35(40)29-28-33(38)37-3)44-36(41)27-25-23-21-19-17-15-13-11-9-7-5-2/h32H,4-31H2,1-3H3,(H,37,38)/t32-/m1/s1. The molecule has 0 heterocycles. The molecule has 0 saturated heterocycles. The summed E-state index contributed by atoms with van der Waals surface area (Å²) in [5.41, 5.74) is 0. The van der Waals surface area contributed by atoms with E-state index < -0.39 is 12.1 Å². The first-order valence-electron chi connectivity index (χ1n) is 18.1. The van der Waals surface area contributed by atoms with Gasteiger partial charge in [0.05, 0.1) is 6.42 Å². The number of unbranched alkanes of at least 4 members (excludes halogenated alkanes) is 20. The van der Waals surface area contributed by atoms with E-state index >= 15 is 0 Å². The predicted molar refractivity (Wildman–Crippen MR) is 177 cm³/mol. The molecule has 0 aromatic heterocycles. The lowest BCUT2D eigenvalue weighted by Crippen LogP contribution is -2.31. The zero-order chi connectivity index (χ0) is 32.5. The van der Waals surface area contributed by atoms with Crippen molar-refractivity contribution in [2.45, 2.75) is 187 Å². The first-order chi connectivity index (χ1) is 21.4. The SMILES string of the molecule is CCCCCCCCCCCCCC(=O)OC[C@H](COC(=O)CCC(=O)NC)OC(=O)CCCCCCCCCCCCC. The second-order valence-electron chi connectivity index (χ2n) is 12.2. The molecule has 44 heavy (non-hydrogen) atoms. The van der Waals surface area contributed by atoms with Crippen molar-refractivity contribution in [2.24, 2.45) is 0 Å². The van der Waals surface area contributed by atoms with E-state index in [1.807, 2.05) is 0 Å². The van der Waals surface area contributed by atoms with Crippen molar-refractivity contribution in [3.05, 3.63) is 0 Å². The number of nitrogens with one attached hydrogen (secondary N) is 1. The monoisotopic (exact) mass is 625 g/mol. The van der Waals surface area contributed by atoms with Crippen LogP contribution in [0.15, 0.2) is 0 Å². The van der Waals surface area contributed by atoms with E-state index in [0.29, 0.717) is 6.42 Å². The minimum Gasteiger partial charge on any atom is -0.462 e. The van der Waals surface area contributed by atoms with Crippen LogP contribution in [-0.4, -0.2) is 50.2 Å². The van der Waals surface area contributed by atoms with Crippen LogP contribution in [0.4, 0.5) is 0 Å². The lowest BCUT2D eigenvalue weighted by Gasteiger charge is -2.18. The van der Waals surface area contributed by atoms with E-state index in [4.69, 9.17) is 14.2 Å². The number of rotatable bonds is 32. The zero-order valence-electron chi connectivity index (χ0n) is 28.7. The maximum atomic E-state index is 12.5. The van der Waals surface area contributed by atoms with Crippen LogP contribution in [-0.2, 0) is 33.4 Å². The fraction of sp³-hybridized carbons (Fsp3) is 0.889. The maximum Gasteiger partial charge on any atom is 0.306 e. The van der Waals surface area contributed by atoms with E-state index in [2.05, 4.69) is 19.2 Å². The second kappa shape index (κ2) is 32.3. The largest absolute Gasteiger partial charge is 0.462 e. The molecule has 0 unspecified atom stereocenters. The summed E-state index contributed by atoms with van der Waals surface area (Å²) < 4.78 is 16.1. The van der Waals surface area contributed by atoms with E-state index in [1.54, 1.807) is 0 Å². The van der Waals surface area contributed by atoms with E-state index in [-0.39, 0.29) is 50.3 Å². The molecule has 258 valence electrons. The summed E-state index contributed by atoms with van der Waals surface area (Å²) in [6.07, 6.45) is 26.1. The zero-order valence-corrected chi connectivity index (χ0v) is 28.7. The minimum absolute atomic E-state index is 0.0204. The highest BCUT2D eigenvalue weighted by Crippen LogP contribution is 2.14. The van der Waals surface area contributed by atoms with Gasteiger partial charge in [0, 0.05) is 26.3 Å². The number of hydrogen-bond acceptors (Lipinski definition) is 7. The molecule has 0 aromatic rings. The van der Waals surface area contributed by atoms with Crippen molar-refractivity contribution in [1.82, 2.24) is 5.32 Å². The Morgan fingerprint density at radius 3 is 1.18 bits per heavy atom. The fourth-order valence-corrected chi connectivity index (χ4v) is 5.08. The molecule has 0 aliphatic heterocycles. The summed E-state index contributed by atoms with van der Waals surface area (Å²) in [5.74, 6) is -1.53. The smallest absolute Gasteiger partial charge is 0.306 e. The molecule has 0 spiro atoms. The Bertz CT molecular complexity index is 713. The molecule has 1 atom stereocenters. The molecular weight excluding hydrogens is 558 g/mol. The Morgan fingerprint density at radius 1 is 0.455 bits per heavy atom. The molecule has 8 nitrogen and oxygen atoms in total. The van der Waals surface area contributed by atoms with Gasteiger partial charge in [0.2, 0.25) is 5.91 Å². The van der Waals surface area contributed by atoms with Gasteiger partial charge in [-0.15, -0.1) is 0 Å². The maximum absolute atomic E-state index is 12.5. The summed E-state index contributed by atoms with van der Waals surface area (Å²) in [7, 11) is 1.50. The third-order valence-electron chi connectivity index (χ3n) is 7.96. The normalized spacial score (nSPS) is 11.6. The lowest BCUT2D eigenvalue weighted by atomic mass is 10.1. The Morgan fingerprint density at radius 2 is 0.795 bits per heavy atom. The van der Waals surface area contributed by atoms with Gasteiger partial charge in [0.25, 0.3) is 0 Å². The van der Waals surface area contributed by atoms with Crippen LogP contribution in [0.1, 0.15) is 181 Å². The van der Waals surface area contributed by atoms with E-state index in [0.717, 1.165) is 38.5 Å². The van der Waals surface area contributed by atoms with Crippen molar-refractivity contribution < 1.29 is 33.4 Å². The number of carbonyl (C=O) groups is 4. The highest BCUT2D eigenvalue weighted by molar-refractivity contribution is 5.81. The van der Waals surface area contributed by atoms with Crippen molar-refractivity contribution >= 4 is 23.8 Å². The number of ether oxygens (including phenoxy) is 3. The third kappa shape index (κ3) is 29.9. The summed E-state index contributed by atoms with van der Waals surface area (Å²) in [4.78, 5) is 48.2. The summed E-state index contributed by atoms with van der Waals surface area (Å²) >= 11 is 0. The predicted octanol–water partition coefficient (Wildman–Crippen LogP) is 8.91. The number of esters is 3. The number of hydrogen-bond donors (Lipinski definition) is 1. The molecule has 0 fully saturated rings. The molecule has 1 N–H and O–H groups in total. The quantitative estimate of drug-likeness (QED) is 0.0452. The van der Waals surface area contributed by atoms with Crippen molar-refractivity contribution in [2.75, 3.05) is 20.3 Å². The Hall–Kier alpha value is -2.12. The first kappa shape index (κ1) is 41.9. The molecule has 0 radical (unpaired) electrons. The van der Waals surface area contributed by atoms with E-state index in [9.17, 15) is 19.2 Å². The van der Waals surface area contributed by atoms with Gasteiger partial charge in [0.1, 0.15) is 13.2 Å². The van der Waals surface area contributed by atoms with Crippen LogP contribution in [0.2, 0.25) is 0 Å². The molecular formula is C36H67NO7. The summed E-state index contributed by atoms with van der Waals surface area (Å²) in [5, 5.41) is 2.46. The van der Waals surface area contributed by atoms with Crippen LogP contribution in [0.3, 0.4) is 0 Å². The number of carbonyl (C=O) groups excluding carboxylic acids is 4. The highest BCUT2D eigenvalue weighted by Gasteiger charge is 2.20. The molecule has 0 aliphatic rings. The van der Waals surface area contributed by atoms with Crippen molar-refractivity contribution in [1.29, 1.82) is 0 Å². The number of amides is 1. The second-order valence-corrected chi connectivity index (χ2v) is 12.2. The van der Waals surface area contributed by atoms with Crippen LogP contribution < -0.4 is 5.32 Å². The van der Waals surface area contributed by atoms with Gasteiger partial charge in [-0.05, 0) is 12.8 Å². The first-order valence-corrected chi connectivity index (χ1v) is 18.1. The third-order valence-corrected chi connectivity index (χ3v) is 7.96. The Balaban J connectivity index is 4.27. The average molecular weight is 626 g/mol. The van der Waals surface area contributed by atoms with Crippen LogP contribution in [0.25, 0.3) is 0 Å². The molecule has 0 rings (SSSR count). The van der Waals surface area contributed by atoms with Gasteiger partial charge in [-0.1, -0.05) is 142 Å². The molecule has 0 aliphatic carbocycles.